The third-order valence-corrected chi connectivity index (χ3v) is 16.1. The molecule has 1 aromatic heterocycles. The minimum absolute atomic E-state index is 0.0104. The fraction of sp³-hybridized carbons (Fsp3) is 0.808. The van der Waals surface area contributed by atoms with Gasteiger partial charge in [-0.1, -0.05) is 167 Å². The molecule has 23 heteroatoms. The van der Waals surface area contributed by atoms with E-state index in [1.165, 1.54) is 101 Å². The van der Waals surface area contributed by atoms with Gasteiger partial charge in [0.15, 0.2) is 6.10 Å². The Balaban J connectivity index is 1.70. The molecule has 9 N–H and O–H groups in total. The van der Waals surface area contributed by atoms with Gasteiger partial charge in [-0.3, -0.25) is 23.2 Å². The highest BCUT2D eigenvalue weighted by Gasteiger charge is 2.45. The van der Waals surface area contributed by atoms with E-state index in [1.807, 2.05) is 6.92 Å². The maximum absolute atomic E-state index is 13.3. The van der Waals surface area contributed by atoms with Crippen LogP contribution < -0.4 is 11.4 Å². The van der Waals surface area contributed by atoms with Gasteiger partial charge >= 0.3 is 33.3 Å². The Kier molecular flexibility index (Phi) is 32.2. The number of hydrogen-bond acceptors (Lipinski definition) is 18. The predicted octanol–water partition coefficient (Wildman–Crippen LogP) is 8.02. The number of aliphatic hydroxyl groups is 5. The molecule has 0 radical (unpaired) electrons. The summed E-state index contributed by atoms with van der Waals surface area (Å²) in [5.41, 5.74) is 4.74. The molecule has 3 heterocycles. The number of phosphoric ester groups is 2. The molecule has 0 spiro atoms. The van der Waals surface area contributed by atoms with Crippen molar-refractivity contribution in [2.45, 2.75) is 230 Å². The number of anilines is 1. The summed E-state index contributed by atoms with van der Waals surface area (Å²) in [7, 11) is -11.3. The van der Waals surface area contributed by atoms with E-state index in [2.05, 4.69) is 23.1 Å². The Morgan fingerprint density at radius 3 is 1.96 bits per heavy atom. The molecule has 1 fully saturated rings. The summed E-state index contributed by atoms with van der Waals surface area (Å²) in [5.74, 6) is -3.63. The summed E-state index contributed by atoms with van der Waals surface area (Å²) < 4.78 is 58.9. The second kappa shape index (κ2) is 36.3. The number of aromatic nitrogens is 2. The van der Waals surface area contributed by atoms with Crippen LogP contribution in [0.3, 0.4) is 0 Å². The highest BCUT2D eigenvalue weighted by atomic mass is 31.3. The monoisotopic (exact) mass is 1110 g/mol. The lowest BCUT2D eigenvalue weighted by Crippen LogP contribution is -2.52. The Hall–Kier alpha value is -2.88. The van der Waals surface area contributed by atoms with Gasteiger partial charge in [0.25, 0.3) is 0 Å². The molecule has 12 atom stereocenters. The third kappa shape index (κ3) is 27.5. The SMILES string of the molecule is CCCCC[C@@H](O)/C=C/[C@@H]1[C@H](O)[C@H](O)[C@H]2COP(=O)(O)OP(=O)(O)OC[C@H](OC(=O)CCCCCCCCCCCCCCCCCCC(C)C)COC(=O)C/C=C\C[C@@H]([C@H](n3ccc(N)nc3=O)O2)[C@@H](O)C[C@H]1O. The molecule has 2 bridgehead atoms. The molecule has 1 aromatic rings. The van der Waals surface area contributed by atoms with Gasteiger partial charge in [-0.05, 0) is 31.2 Å². The quantitative estimate of drug-likeness (QED) is 0.0179. The van der Waals surface area contributed by atoms with Crippen molar-refractivity contribution in [3.63, 3.8) is 0 Å². The van der Waals surface area contributed by atoms with Crippen molar-refractivity contribution in [1.82, 2.24) is 9.55 Å². The Bertz CT molecular complexity index is 1990. The van der Waals surface area contributed by atoms with Crippen molar-refractivity contribution < 1.29 is 81.6 Å². The number of hydrogen-bond donors (Lipinski definition) is 8. The smallest absolute Gasteiger partial charge is 0.461 e. The topological polar surface area (TPSA) is 326 Å². The maximum atomic E-state index is 13.3. The highest BCUT2D eigenvalue weighted by Crippen LogP contribution is 2.60. The van der Waals surface area contributed by atoms with E-state index in [0.29, 0.717) is 19.3 Å². The first kappa shape index (κ1) is 66.4. The van der Waals surface area contributed by atoms with Crippen LogP contribution in [0.4, 0.5) is 5.82 Å². The van der Waals surface area contributed by atoms with Crippen molar-refractivity contribution in [2.24, 2.45) is 17.8 Å². The van der Waals surface area contributed by atoms with Crippen LogP contribution in [-0.2, 0) is 46.3 Å². The van der Waals surface area contributed by atoms with E-state index < -0.39 is 120 Å². The fourth-order valence-corrected chi connectivity index (χ4v) is 11.3. The van der Waals surface area contributed by atoms with E-state index in [0.717, 1.165) is 61.6 Å². The molecular weight excluding hydrogens is 1020 g/mol. The molecule has 2 aliphatic heterocycles. The van der Waals surface area contributed by atoms with Gasteiger partial charge in [0, 0.05) is 30.9 Å². The van der Waals surface area contributed by atoms with E-state index in [1.54, 1.807) is 0 Å². The lowest BCUT2D eigenvalue weighted by atomic mass is 9.82. The number of cyclic esters (lactones) is 1. The summed E-state index contributed by atoms with van der Waals surface area (Å²) in [6, 6.07) is 1.22. The van der Waals surface area contributed by atoms with E-state index in [9.17, 15) is 58.8 Å². The van der Waals surface area contributed by atoms with Crippen LogP contribution in [0.2, 0.25) is 0 Å². The van der Waals surface area contributed by atoms with Crippen molar-refractivity contribution in [3.8, 4) is 0 Å². The maximum Gasteiger partial charge on any atom is 0.481 e. The van der Waals surface area contributed by atoms with Crippen LogP contribution in [0.25, 0.3) is 0 Å². The molecule has 432 valence electrons. The third-order valence-electron chi connectivity index (χ3n) is 13.5. The molecule has 1 saturated heterocycles. The molecule has 21 nitrogen and oxygen atoms in total. The summed E-state index contributed by atoms with van der Waals surface area (Å²) in [6.07, 6.45) is 14.6. The second-order valence-corrected chi connectivity index (χ2v) is 23.6. The molecule has 2 unspecified atom stereocenters. The molecule has 0 amide bonds. The number of unbranched alkanes of at least 4 members (excludes halogenated alkanes) is 17. The van der Waals surface area contributed by atoms with Crippen LogP contribution in [0, 0.1) is 17.8 Å². The fourth-order valence-electron chi connectivity index (χ4n) is 9.16. The van der Waals surface area contributed by atoms with Crippen molar-refractivity contribution in [2.75, 3.05) is 25.6 Å². The number of carbonyl (C=O) groups excluding carboxylic acids is 2. The van der Waals surface area contributed by atoms with Crippen molar-refractivity contribution in [1.29, 1.82) is 0 Å². The van der Waals surface area contributed by atoms with Crippen molar-refractivity contribution in [3.05, 3.63) is 47.1 Å². The average Bonchev–Trinajstić information content (AvgIpc) is 3.34. The van der Waals surface area contributed by atoms with Crippen LogP contribution in [-0.4, -0.2) is 119 Å². The van der Waals surface area contributed by atoms with Crippen molar-refractivity contribution >= 4 is 33.4 Å². The predicted molar refractivity (Wildman–Crippen MR) is 282 cm³/mol. The number of rotatable bonds is 27. The minimum atomic E-state index is -5.70. The normalized spacial score (nSPS) is 29.8. The molecule has 0 aromatic carbocycles. The number of allylic oxidation sites excluding steroid dienone is 1. The van der Waals surface area contributed by atoms with Gasteiger partial charge in [-0.25, -0.2) is 13.9 Å². The Morgan fingerprint density at radius 1 is 0.800 bits per heavy atom. The zero-order chi connectivity index (χ0) is 55.2. The molecule has 0 aliphatic carbocycles. The van der Waals surface area contributed by atoms with E-state index in [4.69, 9.17) is 29.0 Å². The average molecular weight is 1110 g/mol. The molecule has 2 aliphatic rings. The number of ether oxygens (including phenoxy) is 3. The van der Waals surface area contributed by atoms with Gasteiger partial charge in [0.1, 0.15) is 30.9 Å². The Morgan fingerprint density at radius 2 is 1.37 bits per heavy atom. The number of fused-ring (bicyclic) bond motifs is 3. The molecule has 3 rings (SSSR count). The largest absolute Gasteiger partial charge is 0.481 e. The number of esters is 2. The number of phosphoric acid groups is 2. The summed E-state index contributed by atoms with van der Waals surface area (Å²) in [6.45, 7) is 3.76. The van der Waals surface area contributed by atoms with Crippen LogP contribution in [0.5, 0.6) is 0 Å². The number of nitrogens with zero attached hydrogens (tertiary/aromatic N) is 2. The summed E-state index contributed by atoms with van der Waals surface area (Å²) in [4.78, 5) is 64.3. The van der Waals surface area contributed by atoms with Crippen LogP contribution >= 0.6 is 15.6 Å². The lowest BCUT2D eigenvalue weighted by Gasteiger charge is -2.40. The first-order valence-electron chi connectivity index (χ1n) is 27.5. The first-order valence-corrected chi connectivity index (χ1v) is 30.5. The summed E-state index contributed by atoms with van der Waals surface area (Å²) >= 11 is 0. The van der Waals surface area contributed by atoms with Gasteiger partial charge in [-0.2, -0.15) is 9.29 Å². The molecule has 75 heavy (non-hydrogen) atoms. The number of nitrogens with two attached hydrogens (primary N) is 1. The van der Waals surface area contributed by atoms with Crippen LogP contribution in [0.15, 0.2) is 41.4 Å². The number of carbonyl (C=O) groups is 2. The second-order valence-electron chi connectivity index (χ2n) is 20.6. The van der Waals surface area contributed by atoms with Gasteiger partial charge in [0.05, 0.1) is 44.1 Å². The molecular formula is C52H91N3O18P2. The number of nitrogen functional groups attached to an aromatic ring is 1. The van der Waals surface area contributed by atoms with E-state index in [-0.39, 0.29) is 25.1 Å². The zero-order valence-electron chi connectivity index (χ0n) is 44.6. The lowest BCUT2D eigenvalue weighted by molar-refractivity contribution is -0.194. The van der Waals surface area contributed by atoms with E-state index >= 15 is 0 Å². The zero-order valence-corrected chi connectivity index (χ0v) is 46.4. The van der Waals surface area contributed by atoms with Gasteiger partial charge in [-0.15, -0.1) is 0 Å². The first-order chi connectivity index (χ1) is 35.7. The summed E-state index contributed by atoms with van der Waals surface area (Å²) in [5, 5.41) is 57.4. The van der Waals surface area contributed by atoms with Gasteiger partial charge in [0.2, 0.25) is 0 Å². The molecule has 0 saturated carbocycles. The van der Waals surface area contributed by atoms with Gasteiger partial charge < -0.3 is 55.3 Å². The number of aliphatic hydroxyl groups excluding tert-OH is 5. The highest BCUT2D eigenvalue weighted by molar-refractivity contribution is 7.61. The standard InChI is InChI=1S/C52H91N3O18P2/c1-4-5-20-26-39(56)30-31-41-43(57)34-44(58)42-27-23-24-28-47(59)68-35-40(71-48(60)29-22-19-17-15-13-11-9-7-6-8-10-12-14-16-18-21-25-38(2)3)36-69-74(64,65)73-75(66,67)70-37-45(50(62)49(41)61)72-51(42)55-33-32-46(53)54-52(55)63/h23-24,30-33,38-45,49-51,56-58,61-62H,4-22,25-29,34-37H2,1-3H3,(H,64,65)(H,66,67)(H2,53,54,63)/b24-23-,31-30+/t39-,40-,41+,42-,43-,44+,45-,49+,50-,51-/m1/s1. The minimum Gasteiger partial charge on any atom is -0.461 e. The Labute approximate surface area is 443 Å². The van der Waals surface area contributed by atoms with Crippen LogP contribution in [0.1, 0.15) is 188 Å².